The monoisotopic (exact) mass is 217 g/mol. The molecular weight excluding hydrogens is 194 g/mol. The molecule has 1 fully saturated rings. The van der Waals surface area contributed by atoms with E-state index in [1.807, 2.05) is 13.8 Å². The first-order valence-corrected chi connectivity index (χ1v) is 6.65. The lowest BCUT2D eigenvalue weighted by Gasteiger charge is -2.28. The smallest absolute Gasteiger partial charge is 0.0239 e. The summed E-state index contributed by atoms with van der Waals surface area (Å²) in [6.07, 6.45) is 4.12. The summed E-state index contributed by atoms with van der Waals surface area (Å²) in [7, 11) is 0. The lowest BCUT2D eigenvalue weighted by atomic mass is 9.98. The van der Waals surface area contributed by atoms with E-state index in [9.17, 15) is 0 Å². The molecule has 1 nitrogen and oxygen atoms in total. The minimum atomic E-state index is 0.920. The van der Waals surface area contributed by atoms with E-state index in [2.05, 4.69) is 30.0 Å². The first-order valence-electron chi connectivity index (χ1n) is 6.65. The molecular formula is C15H23N. The zero-order chi connectivity index (χ0) is 11.5. The van der Waals surface area contributed by atoms with Gasteiger partial charge in [-0.05, 0) is 37.3 Å². The Morgan fingerprint density at radius 1 is 1.12 bits per heavy atom. The molecule has 1 saturated carbocycles. The molecule has 0 spiro atoms. The van der Waals surface area contributed by atoms with Gasteiger partial charge in [0.25, 0.3) is 0 Å². The number of hydrogen-bond acceptors (Lipinski definition) is 1. The molecule has 0 N–H and O–H groups in total. The largest absolute Gasteiger partial charge is 0.296 e. The fraction of sp³-hybridized carbons (Fsp3) is 0.600. The third-order valence-electron chi connectivity index (χ3n) is 3.47. The summed E-state index contributed by atoms with van der Waals surface area (Å²) in [4.78, 5) is 2.65. The highest BCUT2D eigenvalue weighted by Crippen LogP contribution is 2.31. The molecule has 1 aliphatic carbocycles. The van der Waals surface area contributed by atoms with Crippen molar-refractivity contribution in [2.75, 3.05) is 6.54 Å². The van der Waals surface area contributed by atoms with E-state index in [0.29, 0.717) is 0 Å². The first-order chi connectivity index (χ1) is 7.83. The number of rotatable bonds is 1. The highest BCUT2D eigenvalue weighted by molar-refractivity contribution is 5.33. The van der Waals surface area contributed by atoms with Gasteiger partial charge in [0.1, 0.15) is 0 Å². The molecule has 16 heavy (non-hydrogen) atoms. The summed E-state index contributed by atoms with van der Waals surface area (Å²) in [6.45, 7) is 8.67. The summed E-state index contributed by atoms with van der Waals surface area (Å²) < 4.78 is 0. The van der Waals surface area contributed by atoms with E-state index < -0.39 is 0 Å². The molecule has 0 bridgehead atoms. The molecule has 1 aromatic rings. The molecule has 1 heteroatoms. The van der Waals surface area contributed by atoms with Gasteiger partial charge in [0.2, 0.25) is 0 Å². The van der Waals surface area contributed by atoms with E-state index in [-0.39, 0.29) is 0 Å². The van der Waals surface area contributed by atoms with E-state index in [1.165, 1.54) is 37.9 Å². The van der Waals surface area contributed by atoms with Crippen molar-refractivity contribution in [2.24, 2.45) is 0 Å². The van der Waals surface area contributed by atoms with Crippen molar-refractivity contribution in [3.05, 3.63) is 34.9 Å². The van der Waals surface area contributed by atoms with Crippen LogP contribution in [0.4, 0.5) is 0 Å². The molecule has 1 heterocycles. The Labute approximate surface area is 99.5 Å². The Kier molecular flexibility index (Phi) is 3.65. The van der Waals surface area contributed by atoms with Crippen LogP contribution >= 0.6 is 0 Å². The van der Waals surface area contributed by atoms with Crippen LogP contribution in [-0.2, 0) is 13.0 Å². The van der Waals surface area contributed by atoms with Crippen LogP contribution in [0.2, 0.25) is 0 Å². The molecule has 3 rings (SSSR count). The Bertz CT molecular complexity index is 352. The van der Waals surface area contributed by atoms with Crippen molar-refractivity contribution in [2.45, 2.75) is 52.6 Å². The fourth-order valence-electron chi connectivity index (χ4n) is 2.46. The van der Waals surface area contributed by atoms with E-state index in [0.717, 1.165) is 6.04 Å². The SMILES string of the molecule is CC.Cc1ccc2c(c1)CN(C1CC1)CC2. The van der Waals surface area contributed by atoms with Gasteiger partial charge >= 0.3 is 0 Å². The van der Waals surface area contributed by atoms with Crippen molar-refractivity contribution in [3.8, 4) is 0 Å². The Morgan fingerprint density at radius 3 is 2.56 bits per heavy atom. The minimum absolute atomic E-state index is 0.920. The van der Waals surface area contributed by atoms with E-state index in [1.54, 1.807) is 11.1 Å². The quantitative estimate of drug-likeness (QED) is 0.695. The molecule has 1 aromatic carbocycles. The van der Waals surface area contributed by atoms with Crippen LogP contribution in [0.5, 0.6) is 0 Å². The molecule has 2 aliphatic rings. The summed E-state index contributed by atoms with van der Waals surface area (Å²) in [6, 6.07) is 7.84. The second-order valence-corrected chi connectivity index (χ2v) is 4.72. The number of benzene rings is 1. The average molecular weight is 217 g/mol. The van der Waals surface area contributed by atoms with Crippen LogP contribution in [0.25, 0.3) is 0 Å². The van der Waals surface area contributed by atoms with Crippen molar-refractivity contribution >= 4 is 0 Å². The van der Waals surface area contributed by atoms with Crippen LogP contribution in [0.1, 0.15) is 43.4 Å². The molecule has 0 amide bonds. The lowest BCUT2D eigenvalue weighted by molar-refractivity contribution is 0.243. The molecule has 88 valence electrons. The number of nitrogens with zero attached hydrogens (tertiary/aromatic N) is 1. The molecule has 0 aromatic heterocycles. The predicted molar refractivity (Wildman–Crippen MR) is 69.7 cm³/mol. The predicted octanol–water partition coefficient (Wildman–Crippen LogP) is 3.54. The maximum Gasteiger partial charge on any atom is 0.0239 e. The molecule has 0 saturated heterocycles. The van der Waals surface area contributed by atoms with Crippen LogP contribution in [0.15, 0.2) is 18.2 Å². The number of hydrogen-bond donors (Lipinski definition) is 0. The summed E-state index contributed by atoms with van der Waals surface area (Å²) in [5, 5.41) is 0. The highest BCUT2D eigenvalue weighted by atomic mass is 15.2. The normalized spacial score (nSPS) is 19.7. The second-order valence-electron chi connectivity index (χ2n) is 4.72. The Balaban J connectivity index is 0.000000457. The third-order valence-corrected chi connectivity index (χ3v) is 3.47. The summed E-state index contributed by atoms with van der Waals surface area (Å²) in [5.74, 6) is 0. The maximum absolute atomic E-state index is 2.65. The zero-order valence-electron chi connectivity index (χ0n) is 10.8. The minimum Gasteiger partial charge on any atom is -0.296 e. The maximum atomic E-state index is 2.65. The summed E-state index contributed by atoms with van der Waals surface area (Å²) in [5.41, 5.74) is 4.55. The average Bonchev–Trinajstić information content (AvgIpc) is 3.14. The Morgan fingerprint density at radius 2 is 1.88 bits per heavy atom. The second kappa shape index (κ2) is 5.01. The van der Waals surface area contributed by atoms with Gasteiger partial charge in [-0.15, -0.1) is 0 Å². The molecule has 1 aliphatic heterocycles. The van der Waals surface area contributed by atoms with Gasteiger partial charge in [-0.3, -0.25) is 4.90 Å². The molecule has 0 unspecified atom stereocenters. The number of aryl methyl sites for hydroxylation is 1. The van der Waals surface area contributed by atoms with Crippen LogP contribution in [0.3, 0.4) is 0 Å². The van der Waals surface area contributed by atoms with Gasteiger partial charge in [-0.2, -0.15) is 0 Å². The van der Waals surface area contributed by atoms with Gasteiger partial charge in [0.15, 0.2) is 0 Å². The standard InChI is InChI=1S/C13H17N.C2H6/c1-10-2-3-11-6-7-14(13-4-5-13)9-12(11)8-10;1-2/h2-3,8,13H,4-7,9H2,1H3;1-2H3. The third kappa shape index (κ3) is 2.46. The molecule has 0 radical (unpaired) electrons. The van der Waals surface area contributed by atoms with Crippen LogP contribution in [-0.4, -0.2) is 17.5 Å². The van der Waals surface area contributed by atoms with Crippen LogP contribution < -0.4 is 0 Å². The van der Waals surface area contributed by atoms with Gasteiger partial charge < -0.3 is 0 Å². The Hall–Kier alpha value is -0.820. The first kappa shape index (κ1) is 11.7. The van der Waals surface area contributed by atoms with Crippen molar-refractivity contribution < 1.29 is 0 Å². The van der Waals surface area contributed by atoms with Gasteiger partial charge in [-0.1, -0.05) is 37.6 Å². The lowest BCUT2D eigenvalue weighted by Crippen LogP contribution is -2.32. The van der Waals surface area contributed by atoms with Crippen molar-refractivity contribution in [1.29, 1.82) is 0 Å². The van der Waals surface area contributed by atoms with Crippen molar-refractivity contribution in [1.82, 2.24) is 4.90 Å². The van der Waals surface area contributed by atoms with E-state index in [4.69, 9.17) is 0 Å². The van der Waals surface area contributed by atoms with Gasteiger partial charge in [0, 0.05) is 19.1 Å². The van der Waals surface area contributed by atoms with Crippen molar-refractivity contribution in [3.63, 3.8) is 0 Å². The number of fused-ring (bicyclic) bond motifs is 1. The fourth-order valence-corrected chi connectivity index (χ4v) is 2.46. The van der Waals surface area contributed by atoms with Crippen LogP contribution in [0, 0.1) is 6.92 Å². The van der Waals surface area contributed by atoms with Gasteiger partial charge in [0.05, 0.1) is 0 Å². The highest BCUT2D eigenvalue weighted by Gasteiger charge is 2.30. The topological polar surface area (TPSA) is 3.24 Å². The van der Waals surface area contributed by atoms with E-state index >= 15 is 0 Å². The zero-order valence-corrected chi connectivity index (χ0v) is 10.8. The van der Waals surface area contributed by atoms with Gasteiger partial charge in [-0.25, -0.2) is 0 Å². The molecule has 0 atom stereocenters. The summed E-state index contributed by atoms with van der Waals surface area (Å²) >= 11 is 0.